The molecule has 0 rings (SSSR count). The third-order valence-corrected chi connectivity index (χ3v) is 0.808. The largest absolute Gasteiger partial charge is 0.502 e. The molecule has 1 unspecified atom stereocenters. The lowest BCUT2D eigenvalue weighted by molar-refractivity contribution is 0.509. The summed E-state index contributed by atoms with van der Waals surface area (Å²) in [5.74, 6) is 0. The zero-order valence-corrected chi connectivity index (χ0v) is 7.60. The molecule has 0 aromatic rings. The Morgan fingerprint density at radius 2 is 1.90 bits per heavy atom. The Morgan fingerprint density at radius 1 is 1.50 bits per heavy atom. The van der Waals surface area contributed by atoms with Crippen LogP contribution in [0.3, 0.4) is 0 Å². The molecule has 0 amide bonds. The molecule has 0 radical (unpaired) electrons. The number of hydrogen-bond acceptors (Lipinski definition) is 2. The van der Waals surface area contributed by atoms with E-state index in [9.17, 15) is 0 Å². The lowest BCUT2D eigenvalue weighted by Gasteiger charge is -1.86. The Morgan fingerprint density at radius 3 is 2.00 bits per heavy atom. The second kappa shape index (κ2) is 11.8. The Hall–Kier alpha value is 0.0200. The maximum absolute atomic E-state index is 9.15. The molecular formula is C6H17NO2P+. The number of rotatable bonds is 3. The van der Waals surface area contributed by atoms with Gasteiger partial charge < -0.3 is 5.73 Å². The molecule has 3 nitrogen and oxygen atoms in total. The van der Waals surface area contributed by atoms with Crippen LogP contribution in [0, 0.1) is 0 Å². The van der Waals surface area contributed by atoms with E-state index in [0.29, 0.717) is 0 Å². The second-order valence-electron chi connectivity index (χ2n) is 1.96. The highest BCUT2D eigenvalue weighted by Crippen LogP contribution is 1.99. The fraction of sp³-hybridized carbons (Fsp3) is 1.00. The topological polar surface area (TPSA) is 63.3 Å². The first-order valence-corrected chi connectivity index (χ1v) is 5.10. The fourth-order valence-electron chi connectivity index (χ4n) is 0.394. The molecule has 0 fully saturated rings. The van der Waals surface area contributed by atoms with E-state index < -0.39 is 8.03 Å². The minimum Gasteiger partial charge on any atom is -0.330 e. The van der Waals surface area contributed by atoms with Crippen LogP contribution in [0.15, 0.2) is 0 Å². The summed E-state index contributed by atoms with van der Waals surface area (Å²) < 4.78 is 9.15. The molecule has 4 heteroatoms. The van der Waals surface area contributed by atoms with Crippen molar-refractivity contribution in [3.8, 4) is 0 Å². The van der Waals surface area contributed by atoms with Gasteiger partial charge in [-0.1, -0.05) is 19.8 Å². The van der Waals surface area contributed by atoms with E-state index in [1.807, 2.05) is 0 Å². The lowest BCUT2D eigenvalue weighted by atomic mass is 10.3. The zero-order valence-electron chi connectivity index (χ0n) is 6.71. The SMILES string of the molecule is CCCCCN.C[P+](=O)O. The van der Waals surface area contributed by atoms with Crippen LogP contribution < -0.4 is 5.73 Å². The van der Waals surface area contributed by atoms with Gasteiger partial charge in [0, 0.05) is 0 Å². The van der Waals surface area contributed by atoms with E-state index in [4.69, 9.17) is 15.2 Å². The predicted molar refractivity (Wildman–Crippen MR) is 44.3 cm³/mol. The van der Waals surface area contributed by atoms with E-state index in [1.54, 1.807) is 0 Å². The molecule has 0 aromatic heterocycles. The van der Waals surface area contributed by atoms with Crippen LogP contribution in [0.1, 0.15) is 26.2 Å². The van der Waals surface area contributed by atoms with Gasteiger partial charge in [0.15, 0.2) is 6.66 Å². The van der Waals surface area contributed by atoms with Gasteiger partial charge in [0.1, 0.15) is 0 Å². The third-order valence-electron chi connectivity index (χ3n) is 0.808. The fourth-order valence-corrected chi connectivity index (χ4v) is 0.394. The molecule has 0 saturated carbocycles. The summed E-state index contributed by atoms with van der Waals surface area (Å²) >= 11 is 0. The first-order valence-electron chi connectivity index (χ1n) is 3.45. The molecule has 0 bridgehead atoms. The van der Waals surface area contributed by atoms with Gasteiger partial charge in [0.25, 0.3) is 0 Å². The molecule has 0 heterocycles. The summed E-state index contributed by atoms with van der Waals surface area (Å²) in [5, 5.41) is 0. The quantitative estimate of drug-likeness (QED) is 0.493. The molecule has 0 saturated heterocycles. The Labute approximate surface area is 63.5 Å². The van der Waals surface area contributed by atoms with Crippen molar-refractivity contribution >= 4 is 8.03 Å². The van der Waals surface area contributed by atoms with Gasteiger partial charge in [-0.25, -0.2) is 0 Å². The Bertz CT molecular complexity index is 70.1. The minimum absolute atomic E-state index is 0.855. The third kappa shape index (κ3) is 43.3. The summed E-state index contributed by atoms with van der Waals surface area (Å²) in [6.45, 7) is 4.26. The normalized spacial score (nSPS) is 9.80. The van der Waals surface area contributed by atoms with Gasteiger partial charge >= 0.3 is 8.03 Å². The highest BCUT2D eigenvalue weighted by atomic mass is 31.1. The van der Waals surface area contributed by atoms with E-state index in [1.165, 1.54) is 25.9 Å². The van der Waals surface area contributed by atoms with Gasteiger partial charge in [-0.05, 0) is 17.5 Å². The van der Waals surface area contributed by atoms with Crippen LogP contribution in [-0.2, 0) is 4.57 Å². The summed E-state index contributed by atoms with van der Waals surface area (Å²) in [4.78, 5) is 7.56. The monoisotopic (exact) mass is 166 g/mol. The van der Waals surface area contributed by atoms with Gasteiger partial charge in [0.05, 0.1) is 0 Å². The maximum Gasteiger partial charge on any atom is 0.502 e. The van der Waals surface area contributed by atoms with Crippen LogP contribution >= 0.6 is 8.03 Å². The molecule has 1 atom stereocenters. The maximum atomic E-state index is 9.15. The van der Waals surface area contributed by atoms with Crippen molar-refractivity contribution < 1.29 is 9.46 Å². The molecule has 0 aliphatic rings. The van der Waals surface area contributed by atoms with E-state index in [-0.39, 0.29) is 0 Å². The molecular weight excluding hydrogens is 149 g/mol. The molecule has 3 N–H and O–H groups in total. The van der Waals surface area contributed by atoms with Gasteiger partial charge in [-0.2, -0.15) is 4.89 Å². The van der Waals surface area contributed by atoms with Crippen molar-refractivity contribution in [3.63, 3.8) is 0 Å². The highest BCUT2D eigenvalue weighted by molar-refractivity contribution is 7.36. The average Bonchev–Trinajstić information content (AvgIpc) is 1.82. The number of hydrogen-bond donors (Lipinski definition) is 2. The average molecular weight is 166 g/mol. The van der Waals surface area contributed by atoms with Crippen LogP contribution in [-0.4, -0.2) is 18.1 Å². The van der Waals surface area contributed by atoms with Crippen LogP contribution in [0.5, 0.6) is 0 Å². The molecule has 0 aliphatic heterocycles. The van der Waals surface area contributed by atoms with E-state index in [0.717, 1.165) is 6.54 Å². The lowest BCUT2D eigenvalue weighted by Crippen LogP contribution is -1.96. The van der Waals surface area contributed by atoms with Crippen molar-refractivity contribution in [1.82, 2.24) is 0 Å². The molecule has 10 heavy (non-hydrogen) atoms. The first-order chi connectivity index (χ1) is 4.65. The molecule has 0 aromatic carbocycles. The zero-order chi connectivity index (χ0) is 8.41. The van der Waals surface area contributed by atoms with Gasteiger partial charge in [0.2, 0.25) is 0 Å². The standard InChI is InChI=1S/C5H13N.CH3O2P/c1-2-3-4-5-6;1-4(2)3/h2-6H2,1H3;1H3/p+1. The minimum atomic E-state index is -1.87. The second-order valence-corrected chi connectivity index (χ2v) is 2.89. The summed E-state index contributed by atoms with van der Waals surface area (Å²) in [6, 6.07) is 0. The Kier molecular flexibility index (Phi) is 14.9. The van der Waals surface area contributed by atoms with Crippen molar-refractivity contribution in [1.29, 1.82) is 0 Å². The van der Waals surface area contributed by atoms with Crippen molar-refractivity contribution in [2.75, 3.05) is 13.2 Å². The molecule has 62 valence electrons. The first kappa shape index (κ1) is 12.7. The predicted octanol–water partition coefficient (Wildman–Crippen LogP) is 1.49. The summed E-state index contributed by atoms with van der Waals surface area (Å²) in [7, 11) is -1.87. The van der Waals surface area contributed by atoms with Crippen LogP contribution in [0.2, 0.25) is 0 Å². The van der Waals surface area contributed by atoms with Gasteiger partial charge in [-0.3, -0.25) is 0 Å². The van der Waals surface area contributed by atoms with Crippen LogP contribution in [0.4, 0.5) is 0 Å². The van der Waals surface area contributed by atoms with E-state index >= 15 is 0 Å². The van der Waals surface area contributed by atoms with Crippen molar-refractivity contribution in [2.45, 2.75) is 26.2 Å². The van der Waals surface area contributed by atoms with E-state index in [2.05, 4.69) is 6.92 Å². The molecule has 0 aliphatic carbocycles. The van der Waals surface area contributed by atoms with Crippen molar-refractivity contribution in [2.24, 2.45) is 5.73 Å². The molecule has 0 spiro atoms. The van der Waals surface area contributed by atoms with Crippen LogP contribution in [0.25, 0.3) is 0 Å². The number of nitrogens with two attached hydrogens (primary N) is 1. The van der Waals surface area contributed by atoms with Gasteiger partial charge in [-0.15, -0.1) is 0 Å². The highest BCUT2D eigenvalue weighted by Gasteiger charge is 1.86. The Balaban J connectivity index is 0. The summed E-state index contributed by atoms with van der Waals surface area (Å²) in [6.07, 6.45) is 3.75. The van der Waals surface area contributed by atoms with Crippen molar-refractivity contribution in [3.05, 3.63) is 0 Å². The summed E-state index contributed by atoms with van der Waals surface area (Å²) in [5.41, 5.74) is 5.21. The smallest absolute Gasteiger partial charge is 0.330 e. The number of unbranched alkanes of at least 4 members (excludes halogenated alkanes) is 2.